The lowest BCUT2D eigenvalue weighted by Gasteiger charge is -2.27. The molecule has 1 aliphatic rings. The van der Waals surface area contributed by atoms with Gasteiger partial charge in [0.15, 0.2) is 0 Å². The van der Waals surface area contributed by atoms with Crippen molar-refractivity contribution in [2.45, 2.75) is 45.9 Å². The Morgan fingerprint density at radius 2 is 2.08 bits per heavy atom. The summed E-state index contributed by atoms with van der Waals surface area (Å²) in [6, 6.07) is 6.24. The molecule has 0 fully saturated rings. The highest BCUT2D eigenvalue weighted by Gasteiger charge is 2.33. The predicted octanol–water partition coefficient (Wildman–Crippen LogP) is 4.66. The topological polar surface area (TPSA) is 47.4 Å². The van der Waals surface area contributed by atoms with Crippen molar-refractivity contribution in [1.29, 1.82) is 0 Å². The van der Waals surface area contributed by atoms with Gasteiger partial charge in [-0.25, -0.2) is 9.78 Å². The number of benzene rings is 1. The molecule has 0 N–H and O–H groups in total. The van der Waals surface area contributed by atoms with E-state index in [1.807, 2.05) is 39.3 Å². The largest absolute Gasteiger partial charge is 0.444 e. The van der Waals surface area contributed by atoms with Crippen molar-refractivity contribution in [1.82, 2.24) is 14.5 Å². The van der Waals surface area contributed by atoms with Gasteiger partial charge in [-0.2, -0.15) is 0 Å². The molecule has 1 aromatic heterocycles. The van der Waals surface area contributed by atoms with E-state index < -0.39 is 5.60 Å². The Morgan fingerprint density at radius 3 is 2.67 bits per heavy atom. The van der Waals surface area contributed by atoms with Gasteiger partial charge in [-0.3, -0.25) is 4.90 Å². The highest BCUT2D eigenvalue weighted by atomic mass is 79.9. The molecule has 1 aromatic carbocycles. The maximum atomic E-state index is 12.4. The fourth-order valence-corrected chi connectivity index (χ4v) is 3.23. The van der Waals surface area contributed by atoms with Gasteiger partial charge < -0.3 is 9.30 Å². The first-order valence-corrected chi connectivity index (χ1v) is 8.76. The van der Waals surface area contributed by atoms with Crippen LogP contribution >= 0.6 is 15.9 Å². The summed E-state index contributed by atoms with van der Waals surface area (Å²) in [6.45, 7) is 8.27. The Hall–Kier alpha value is -1.82. The highest BCUT2D eigenvalue weighted by Crippen LogP contribution is 2.37. The molecule has 128 valence electrons. The summed E-state index contributed by atoms with van der Waals surface area (Å²) in [5.74, 6) is 0.896. The molecule has 0 radical (unpaired) electrons. The van der Waals surface area contributed by atoms with Crippen LogP contribution < -0.4 is 0 Å². The number of amides is 1. The number of hydrogen-bond acceptors (Lipinski definition) is 3. The Morgan fingerprint density at radius 1 is 1.38 bits per heavy atom. The maximum Gasteiger partial charge on any atom is 0.411 e. The van der Waals surface area contributed by atoms with Crippen LogP contribution in [0.3, 0.4) is 0 Å². The zero-order valence-electron chi connectivity index (χ0n) is 14.6. The van der Waals surface area contributed by atoms with Gasteiger partial charge in [-0.1, -0.05) is 12.1 Å². The van der Waals surface area contributed by atoms with E-state index in [0.29, 0.717) is 6.54 Å². The summed E-state index contributed by atoms with van der Waals surface area (Å²) in [4.78, 5) is 18.7. The number of halogens is 1. The van der Waals surface area contributed by atoms with Crippen molar-refractivity contribution < 1.29 is 9.53 Å². The van der Waals surface area contributed by atoms with E-state index in [1.54, 1.807) is 11.1 Å². The van der Waals surface area contributed by atoms with Crippen LogP contribution in [-0.2, 0) is 18.3 Å². The number of hydrogen-bond donors (Lipinski definition) is 0. The zero-order chi connectivity index (χ0) is 17.6. The average molecular weight is 392 g/mol. The Balaban J connectivity index is 1.89. The molecule has 0 spiro atoms. The minimum atomic E-state index is -0.490. The van der Waals surface area contributed by atoms with Gasteiger partial charge in [0.05, 0.1) is 12.2 Å². The average Bonchev–Trinajstić information content (AvgIpc) is 2.99. The molecule has 0 aliphatic carbocycles. The lowest BCUT2D eigenvalue weighted by molar-refractivity contribution is 0.0187. The van der Waals surface area contributed by atoms with Gasteiger partial charge in [0.25, 0.3) is 0 Å². The minimum Gasteiger partial charge on any atom is -0.444 e. The SMILES string of the molecule is CC1c2cc(-c3ncc(Br)n3C)ccc2CN1C(=O)OC(C)(C)C. The molecule has 0 saturated carbocycles. The van der Waals surface area contributed by atoms with Crippen LogP contribution in [0.1, 0.15) is 44.9 Å². The van der Waals surface area contributed by atoms with E-state index in [2.05, 4.69) is 39.1 Å². The van der Waals surface area contributed by atoms with Crippen molar-refractivity contribution in [2.75, 3.05) is 0 Å². The Kier molecular flexibility index (Phi) is 4.20. The molecule has 0 bridgehead atoms. The summed E-state index contributed by atoms with van der Waals surface area (Å²) in [6.07, 6.45) is 1.52. The molecule has 2 heterocycles. The summed E-state index contributed by atoms with van der Waals surface area (Å²) in [5.41, 5.74) is 2.86. The van der Waals surface area contributed by atoms with Crippen molar-refractivity contribution in [3.63, 3.8) is 0 Å². The lowest BCUT2D eigenvalue weighted by Crippen LogP contribution is -2.34. The third-order valence-electron chi connectivity index (χ3n) is 4.22. The number of ether oxygens (including phenoxy) is 1. The molecule has 1 aliphatic heterocycles. The first-order valence-electron chi connectivity index (χ1n) is 7.97. The predicted molar refractivity (Wildman–Crippen MR) is 96.5 cm³/mol. The fourth-order valence-electron chi connectivity index (χ4n) is 2.96. The first kappa shape index (κ1) is 17.0. The van der Waals surface area contributed by atoms with Crippen LogP contribution in [0, 0.1) is 0 Å². The number of imidazole rings is 1. The van der Waals surface area contributed by atoms with E-state index in [0.717, 1.165) is 27.1 Å². The van der Waals surface area contributed by atoms with Crippen molar-refractivity contribution >= 4 is 22.0 Å². The van der Waals surface area contributed by atoms with Gasteiger partial charge in [0, 0.05) is 19.2 Å². The van der Waals surface area contributed by atoms with Gasteiger partial charge in [-0.15, -0.1) is 0 Å². The molecule has 5 nitrogen and oxygen atoms in total. The molecular formula is C18H22BrN3O2. The van der Waals surface area contributed by atoms with E-state index in [-0.39, 0.29) is 12.1 Å². The second kappa shape index (κ2) is 5.92. The number of carbonyl (C=O) groups is 1. The number of nitrogens with zero attached hydrogens (tertiary/aromatic N) is 3. The van der Waals surface area contributed by atoms with E-state index >= 15 is 0 Å². The third kappa shape index (κ3) is 3.07. The molecule has 3 rings (SSSR count). The zero-order valence-corrected chi connectivity index (χ0v) is 16.2. The molecule has 1 amide bonds. The molecular weight excluding hydrogens is 370 g/mol. The van der Waals surface area contributed by atoms with Crippen molar-refractivity contribution in [3.05, 3.63) is 40.1 Å². The molecule has 2 aromatic rings. The smallest absolute Gasteiger partial charge is 0.411 e. The summed E-state index contributed by atoms with van der Waals surface area (Å²) >= 11 is 3.48. The first-order chi connectivity index (χ1) is 11.2. The molecule has 6 heteroatoms. The van der Waals surface area contributed by atoms with Crippen LogP contribution in [0.15, 0.2) is 29.0 Å². The van der Waals surface area contributed by atoms with Crippen LogP contribution in [0.5, 0.6) is 0 Å². The quantitative estimate of drug-likeness (QED) is 0.709. The van der Waals surface area contributed by atoms with Gasteiger partial charge in [-0.05, 0) is 60.8 Å². The molecule has 0 saturated heterocycles. The summed E-state index contributed by atoms with van der Waals surface area (Å²) in [7, 11) is 1.97. The van der Waals surface area contributed by atoms with Crippen molar-refractivity contribution in [3.8, 4) is 11.4 Å². The monoisotopic (exact) mass is 391 g/mol. The minimum absolute atomic E-state index is 0.0153. The van der Waals surface area contributed by atoms with E-state index in [9.17, 15) is 4.79 Å². The summed E-state index contributed by atoms with van der Waals surface area (Å²) in [5, 5.41) is 0. The Bertz CT molecular complexity index is 792. The molecule has 1 atom stereocenters. The number of carbonyl (C=O) groups excluding carboxylic acids is 1. The number of fused-ring (bicyclic) bond motifs is 1. The standard InChI is InChI=1S/C18H22BrN3O2/c1-11-14-8-12(16-20-9-15(19)21(16)5)6-7-13(14)10-22(11)17(23)24-18(2,3)4/h6-9,11H,10H2,1-5H3. The van der Waals surface area contributed by atoms with Crippen LogP contribution in [0.4, 0.5) is 4.79 Å². The second-order valence-electron chi connectivity index (χ2n) is 7.16. The maximum absolute atomic E-state index is 12.4. The van der Waals surface area contributed by atoms with Gasteiger partial charge in [0.2, 0.25) is 0 Å². The molecule has 24 heavy (non-hydrogen) atoms. The number of aromatic nitrogens is 2. The van der Waals surface area contributed by atoms with Gasteiger partial charge in [0.1, 0.15) is 16.0 Å². The number of rotatable bonds is 1. The normalized spacial score (nSPS) is 17.1. The fraction of sp³-hybridized carbons (Fsp3) is 0.444. The lowest BCUT2D eigenvalue weighted by atomic mass is 10.0. The second-order valence-corrected chi connectivity index (χ2v) is 7.97. The van der Waals surface area contributed by atoms with Gasteiger partial charge >= 0.3 is 6.09 Å². The third-order valence-corrected chi connectivity index (χ3v) is 4.96. The van der Waals surface area contributed by atoms with Crippen molar-refractivity contribution in [2.24, 2.45) is 7.05 Å². The Labute approximate surface area is 150 Å². The van der Waals surface area contributed by atoms with Crippen LogP contribution in [0.2, 0.25) is 0 Å². The summed E-state index contributed by atoms with van der Waals surface area (Å²) < 4.78 is 8.45. The molecule has 1 unspecified atom stereocenters. The highest BCUT2D eigenvalue weighted by molar-refractivity contribution is 9.10. The van der Waals surface area contributed by atoms with E-state index in [1.165, 1.54) is 0 Å². The van der Waals surface area contributed by atoms with E-state index in [4.69, 9.17) is 4.74 Å². The van der Waals surface area contributed by atoms with Crippen LogP contribution in [-0.4, -0.2) is 26.1 Å². The van der Waals surface area contributed by atoms with Crippen LogP contribution in [0.25, 0.3) is 11.4 Å².